The van der Waals surface area contributed by atoms with Gasteiger partial charge in [-0.1, -0.05) is 26.3 Å². The van der Waals surface area contributed by atoms with Crippen molar-refractivity contribution >= 4 is 5.97 Å². The molecule has 0 spiro atoms. The number of phenolic OH excluding ortho intramolecular Hbond substituents is 1. The molecule has 0 fully saturated rings. The summed E-state index contributed by atoms with van der Waals surface area (Å²) in [7, 11) is 1.64. The van der Waals surface area contributed by atoms with Crippen molar-refractivity contribution in [3.05, 3.63) is 33.9 Å². The minimum Gasteiger partial charge on any atom is -0.507 e. The van der Waals surface area contributed by atoms with Crippen molar-refractivity contribution in [3.8, 4) is 11.5 Å². The molecule has 25 heavy (non-hydrogen) atoms. The Kier molecular flexibility index (Phi) is 4.34. The molecule has 2 N–H and O–H groups in total. The van der Waals surface area contributed by atoms with Gasteiger partial charge in [0.15, 0.2) is 0 Å². The number of aliphatic carboxylic acids is 1. The van der Waals surface area contributed by atoms with Crippen LogP contribution >= 0.6 is 0 Å². The molecule has 2 unspecified atom stereocenters. The van der Waals surface area contributed by atoms with Crippen LogP contribution in [0, 0.1) is 5.92 Å². The monoisotopic (exact) mass is 344 g/mol. The summed E-state index contributed by atoms with van der Waals surface area (Å²) in [5, 5.41) is 20.4. The van der Waals surface area contributed by atoms with E-state index in [1.165, 1.54) is 0 Å². The van der Waals surface area contributed by atoms with Gasteiger partial charge in [-0.25, -0.2) is 4.79 Å². The lowest BCUT2D eigenvalue weighted by atomic mass is 9.56. The van der Waals surface area contributed by atoms with E-state index in [4.69, 9.17) is 4.74 Å². The van der Waals surface area contributed by atoms with E-state index < -0.39 is 5.97 Å². The molecule has 0 aromatic heterocycles. The van der Waals surface area contributed by atoms with Gasteiger partial charge in [-0.15, -0.1) is 0 Å². The van der Waals surface area contributed by atoms with Gasteiger partial charge in [0.2, 0.25) is 0 Å². The first-order valence-corrected chi connectivity index (χ1v) is 9.08. The lowest BCUT2D eigenvalue weighted by Gasteiger charge is -2.47. The van der Waals surface area contributed by atoms with Gasteiger partial charge in [-0.3, -0.25) is 0 Å². The summed E-state index contributed by atoms with van der Waals surface area (Å²) in [6.07, 6.45) is 3.01. The third-order valence-electron chi connectivity index (χ3n) is 6.42. The summed E-state index contributed by atoms with van der Waals surface area (Å²) >= 11 is 0. The standard InChI is InChI=1S/C21H28O4/c1-11(2)18-17(25-5)10-16-14(19(18)22)6-7-15-12(3)13(20(23)24)8-9-21(15,16)4/h10-11,15,22H,6-9H2,1-5H3,(H,23,24). The highest BCUT2D eigenvalue weighted by Gasteiger charge is 2.46. The molecule has 0 amide bonds. The Balaban J connectivity index is 2.20. The van der Waals surface area contributed by atoms with Crippen LogP contribution in [0.3, 0.4) is 0 Å². The second-order valence-electron chi connectivity index (χ2n) is 8.00. The molecule has 2 atom stereocenters. The van der Waals surface area contributed by atoms with Crippen molar-refractivity contribution in [2.24, 2.45) is 5.92 Å². The van der Waals surface area contributed by atoms with Gasteiger partial charge >= 0.3 is 5.97 Å². The Morgan fingerprint density at radius 1 is 1.36 bits per heavy atom. The van der Waals surface area contributed by atoms with Crippen LogP contribution in [0.25, 0.3) is 0 Å². The normalized spacial score (nSPS) is 25.6. The summed E-state index contributed by atoms with van der Waals surface area (Å²) in [5.74, 6) is 0.695. The number of phenols is 1. The molecule has 1 aromatic rings. The molecule has 3 rings (SSSR count). The largest absolute Gasteiger partial charge is 0.507 e. The topological polar surface area (TPSA) is 66.8 Å². The molecule has 0 heterocycles. The van der Waals surface area contributed by atoms with Crippen LogP contribution in [0.15, 0.2) is 17.2 Å². The number of methoxy groups -OCH3 is 1. The number of aromatic hydroxyl groups is 1. The maximum Gasteiger partial charge on any atom is 0.331 e. The van der Waals surface area contributed by atoms with Gasteiger partial charge in [0, 0.05) is 11.1 Å². The predicted octanol–water partition coefficient (Wildman–Crippen LogP) is 4.54. The minimum absolute atomic E-state index is 0.156. The Morgan fingerprint density at radius 2 is 2.04 bits per heavy atom. The lowest BCUT2D eigenvalue weighted by molar-refractivity contribution is -0.133. The third-order valence-corrected chi connectivity index (χ3v) is 6.42. The van der Waals surface area contributed by atoms with E-state index in [1.807, 2.05) is 6.92 Å². The quantitative estimate of drug-likeness (QED) is 0.845. The van der Waals surface area contributed by atoms with Crippen LogP contribution in [0.4, 0.5) is 0 Å². The first-order chi connectivity index (χ1) is 11.7. The summed E-state index contributed by atoms with van der Waals surface area (Å²) in [5.41, 5.74) is 4.44. The molecule has 2 aliphatic rings. The molecule has 4 nitrogen and oxygen atoms in total. The molecular formula is C21H28O4. The maximum atomic E-state index is 11.5. The number of carboxylic acid groups (broad SMARTS) is 1. The van der Waals surface area contributed by atoms with E-state index in [-0.39, 0.29) is 17.3 Å². The number of hydrogen-bond donors (Lipinski definition) is 2. The van der Waals surface area contributed by atoms with Gasteiger partial charge < -0.3 is 14.9 Å². The number of benzene rings is 1. The third kappa shape index (κ3) is 2.54. The lowest BCUT2D eigenvalue weighted by Crippen LogP contribution is -2.41. The second-order valence-corrected chi connectivity index (χ2v) is 8.00. The number of fused-ring (bicyclic) bond motifs is 3. The summed E-state index contributed by atoms with van der Waals surface area (Å²) < 4.78 is 5.60. The molecule has 0 saturated heterocycles. The molecule has 2 aliphatic carbocycles. The zero-order chi connectivity index (χ0) is 18.5. The summed E-state index contributed by atoms with van der Waals surface area (Å²) in [6.45, 7) is 8.30. The molecule has 0 aliphatic heterocycles. The highest BCUT2D eigenvalue weighted by Crippen LogP contribution is 2.55. The molecule has 0 bridgehead atoms. The average Bonchev–Trinajstić information content (AvgIpc) is 2.54. The highest BCUT2D eigenvalue weighted by molar-refractivity contribution is 5.88. The van der Waals surface area contributed by atoms with Crippen LogP contribution < -0.4 is 4.74 Å². The SMILES string of the molecule is COc1cc2c(c(O)c1C(C)C)CCC1C(C)=C(C(=O)O)CCC21C. The second kappa shape index (κ2) is 6.08. The van der Waals surface area contributed by atoms with E-state index in [2.05, 4.69) is 26.8 Å². The highest BCUT2D eigenvalue weighted by atomic mass is 16.5. The van der Waals surface area contributed by atoms with E-state index in [0.717, 1.165) is 47.3 Å². The van der Waals surface area contributed by atoms with Crippen molar-refractivity contribution in [2.75, 3.05) is 7.11 Å². The fourth-order valence-corrected chi connectivity index (χ4v) is 5.06. The maximum absolute atomic E-state index is 11.5. The molecule has 0 saturated carbocycles. The average molecular weight is 344 g/mol. The van der Waals surface area contributed by atoms with Crippen molar-refractivity contribution in [3.63, 3.8) is 0 Å². The van der Waals surface area contributed by atoms with Crippen molar-refractivity contribution in [1.29, 1.82) is 0 Å². The minimum atomic E-state index is -0.791. The predicted molar refractivity (Wildman–Crippen MR) is 97.5 cm³/mol. The Bertz CT molecular complexity index is 760. The van der Waals surface area contributed by atoms with Crippen LogP contribution in [0.1, 0.15) is 69.6 Å². The van der Waals surface area contributed by atoms with Crippen LogP contribution in [0.5, 0.6) is 11.5 Å². The summed E-state index contributed by atoms with van der Waals surface area (Å²) in [4.78, 5) is 11.5. The van der Waals surface area contributed by atoms with E-state index in [1.54, 1.807) is 7.11 Å². The van der Waals surface area contributed by atoms with Gasteiger partial charge in [-0.05, 0) is 67.1 Å². The van der Waals surface area contributed by atoms with Crippen molar-refractivity contribution in [2.45, 2.75) is 64.7 Å². The fraction of sp³-hybridized carbons (Fsp3) is 0.571. The number of hydrogen-bond acceptors (Lipinski definition) is 3. The zero-order valence-electron chi connectivity index (χ0n) is 15.8. The van der Waals surface area contributed by atoms with E-state index in [0.29, 0.717) is 17.7 Å². The number of carboxylic acids is 1. The molecular weight excluding hydrogens is 316 g/mol. The Hall–Kier alpha value is -1.97. The first kappa shape index (κ1) is 17.8. The molecule has 4 heteroatoms. The van der Waals surface area contributed by atoms with Gasteiger partial charge in [0.25, 0.3) is 0 Å². The molecule has 136 valence electrons. The number of allylic oxidation sites excluding steroid dienone is 1. The van der Waals surface area contributed by atoms with E-state index >= 15 is 0 Å². The Labute approximate surface area is 149 Å². The smallest absolute Gasteiger partial charge is 0.331 e. The van der Waals surface area contributed by atoms with Crippen LogP contribution in [-0.4, -0.2) is 23.3 Å². The van der Waals surface area contributed by atoms with Crippen LogP contribution in [0.2, 0.25) is 0 Å². The van der Waals surface area contributed by atoms with Gasteiger partial charge in [0.1, 0.15) is 11.5 Å². The number of rotatable bonds is 3. The molecule has 1 aromatic carbocycles. The Morgan fingerprint density at radius 3 is 2.60 bits per heavy atom. The van der Waals surface area contributed by atoms with Gasteiger partial charge in [-0.2, -0.15) is 0 Å². The number of carbonyl (C=O) groups is 1. The number of ether oxygens (including phenoxy) is 1. The van der Waals surface area contributed by atoms with Crippen LogP contribution in [-0.2, 0) is 16.6 Å². The van der Waals surface area contributed by atoms with Gasteiger partial charge in [0.05, 0.1) is 7.11 Å². The van der Waals surface area contributed by atoms with Crippen molar-refractivity contribution < 1.29 is 19.7 Å². The molecule has 0 radical (unpaired) electrons. The first-order valence-electron chi connectivity index (χ1n) is 9.08. The fourth-order valence-electron chi connectivity index (χ4n) is 5.06. The van der Waals surface area contributed by atoms with Crippen molar-refractivity contribution in [1.82, 2.24) is 0 Å². The zero-order valence-corrected chi connectivity index (χ0v) is 15.8. The van der Waals surface area contributed by atoms with E-state index in [9.17, 15) is 15.0 Å². The summed E-state index contributed by atoms with van der Waals surface area (Å²) in [6, 6.07) is 2.09.